The van der Waals surface area contributed by atoms with Crippen molar-refractivity contribution in [3.8, 4) is 0 Å². The first-order valence-electron chi connectivity index (χ1n) is 7.81. The number of hydrogen-bond donors (Lipinski definition) is 2. The maximum atomic E-state index is 12.2. The fourth-order valence-electron chi connectivity index (χ4n) is 2.30. The van der Waals surface area contributed by atoms with E-state index in [1.165, 1.54) is 13.4 Å². The summed E-state index contributed by atoms with van der Waals surface area (Å²) in [6, 6.07) is 11.0. The summed E-state index contributed by atoms with van der Waals surface area (Å²) < 4.78 is 10.4. The van der Waals surface area contributed by atoms with E-state index in [0.29, 0.717) is 25.3 Å². The molecule has 6 heteroatoms. The van der Waals surface area contributed by atoms with Gasteiger partial charge in [0.2, 0.25) is 0 Å². The zero-order valence-electron chi connectivity index (χ0n) is 13.9. The zero-order valence-corrected chi connectivity index (χ0v) is 13.9. The van der Waals surface area contributed by atoms with Crippen LogP contribution in [0.3, 0.4) is 0 Å². The summed E-state index contributed by atoms with van der Waals surface area (Å²) in [4.78, 5) is 24.0. The molecule has 2 amide bonds. The van der Waals surface area contributed by atoms with Crippen LogP contribution in [0.1, 0.15) is 34.2 Å². The van der Waals surface area contributed by atoms with Gasteiger partial charge in [0, 0.05) is 25.8 Å². The molecule has 0 spiro atoms. The maximum absolute atomic E-state index is 12.2. The van der Waals surface area contributed by atoms with Crippen molar-refractivity contribution in [3.05, 3.63) is 59.5 Å². The predicted octanol–water partition coefficient (Wildman–Crippen LogP) is 2.21. The summed E-state index contributed by atoms with van der Waals surface area (Å²) in [7, 11) is 1.50. The molecular weight excluding hydrogens is 308 g/mol. The molecule has 128 valence electrons. The lowest BCUT2D eigenvalue weighted by Crippen LogP contribution is -2.33. The highest BCUT2D eigenvalue weighted by atomic mass is 16.5. The van der Waals surface area contributed by atoms with Gasteiger partial charge in [-0.2, -0.15) is 0 Å². The number of methoxy groups -OCH3 is 1. The van der Waals surface area contributed by atoms with E-state index in [0.717, 1.165) is 11.1 Å². The van der Waals surface area contributed by atoms with Gasteiger partial charge in [-0.05, 0) is 25.0 Å². The van der Waals surface area contributed by atoms with Crippen LogP contribution in [0.2, 0.25) is 0 Å². The van der Waals surface area contributed by atoms with E-state index in [2.05, 4.69) is 10.6 Å². The van der Waals surface area contributed by atoms with Gasteiger partial charge in [0.05, 0.1) is 6.26 Å². The second-order valence-electron chi connectivity index (χ2n) is 5.36. The molecule has 0 fully saturated rings. The Morgan fingerprint density at radius 3 is 2.46 bits per heavy atom. The number of rotatable bonds is 8. The Morgan fingerprint density at radius 1 is 1.12 bits per heavy atom. The quantitative estimate of drug-likeness (QED) is 0.727. The molecule has 2 rings (SSSR count). The van der Waals surface area contributed by atoms with Crippen molar-refractivity contribution in [1.82, 2.24) is 10.6 Å². The number of ether oxygens (including phenoxy) is 1. The third-order valence-corrected chi connectivity index (χ3v) is 3.58. The summed E-state index contributed by atoms with van der Waals surface area (Å²) in [5.74, 6) is -0.123. The number of hydrogen-bond acceptors (Lipinski definition) is 4. The average Bonchev–Trinajstić information content (AvgIpc) is 3.02. The van der Waals surface area contributed by atoms with Gasteiger partial charge < -0.3 is 19.8 Å². The van der Waals surface area contributed by atoms with Gasteiger partial charge in [0.15, 0.2) is 11.9 Å². The molecule has 2 aromatic rings. The first kappa shape index (κ1) is 17.7. The summed E-state index contributed by atoms with van der Waals surface area (Å²) in [6.07, 6.45) is 1.47. The standard InChI is InChI=1S/C18H22N2O4/c1-13-9-12-24-15(13)17(21)19-10-6-11-20-18(22)16(23-2)14-7-4-3-5-8-14/h3-5,7-9,12,16H,6,10-11H2,1-2H3,(H,19,21)(H,20,22)/t16-/m0/s1. The number of nitrogens with one attached hydrogen (secondary N) is 2. The third-order valence-electron chi connectivity index (χ3n) is 3.58. The van der Waals surface area contributed by atoms with Gasteiger partial charge >= 0.3 is 0 Å². The molecule has 1 atom stereocenters. The number of furan rings is 1. The van der Waals surface area contributed by atoms with E-state index in [-0.39, 0.29) is 11.8 Å². The Balaban J connectivity index is 1.71. The number of amides is 2. The Hall–Kier alpha value is -2.60. The van der Waals surface area contributed by atoms with Crippen LogP contribution in [0.25, 0.3) is 0 Å². The SMILES string of the molecule is CO[C@H](C(=O)NCCCNC(=O)c1occc1C)c1ccccc1. The molecule has 24 heavy (non-hydrogen) atoms. The van der Waals surface area contributed by atoms with Crippen molar-refractivity contribution < 1.29 is 18.7 Å². The maximum Gasteiger partial charge on any atom is 0.287 e. The molecule has 0 aliphatic carbocycles. The zero-order chi connectivity index (χ0) is 17.4. The summed E-state index contributed by atoms with van der Waals surface area (Å²) in [5.41, 5.74) is 1.60. The monoisotopic (exact) mass is 330 g/mol. The number of carbonyl (C=O) groups is 2. The van der Waals surface area contributed by atoms with Crippen molar-refractivity contribution in [2.75, 3.05) is 20.2 Å². The molecule has 6 nitrogen and oxygen atoms in total. The lowest BCUT2D eigenvalue weighted by Gasteiger charge is -2.15. The minimum atomic E-state index is -0.633. The van der Waals surface area contributed by atoms with Gasteiger partial charge in [0.25, 0.3) is 11.8 Å². The normalized spacial score (nSPS) is 11.8. The van der Waals surface area contributed by atoms with E-state index in [9.17, 15) is 9.59 Å². The number of benzene rings is 1. The van der Waals surface area contributed by atoms with Crippen LogP contribution < -0.4 is 10.6 Å². The smallest absolute Gasteiger partial charge is 0.287 e. The Morgan fingerprint density at radius 2 is 1.83 bits per heavy atom. The van der Waals surface area contributed by atoms with E-state index in [4.69, 9.17) is 9.15 Å². The third kappa shape index (κ3) is 4.70. The second kappa shape index (κ2) is 8.88. The lowest BCUT2D eigenvalue weighted by molar-refractivity contribution is -0.131. The molecule has 0 unspecified atom stereocenters. The van der Waals surface area contributed by atoms with Crippen LogP contribution in [0, 0.1) is 6.92 Å². The number of aryl methyl sites for hydroxylation is 1. The van der Waals surface area contributed by atoms with Gasteiger partial charge in [-0.25, -0.2) is 0 Å². The van der Waals surface area contributed by atoms with E-state index >= 15 is 0 Å². The first-order valence-corrected chi connectivity index (χ1v) is 7.81. The first-order chi connectivity index (χ1) is 11.6. The Labute approximate surface area is 141 Å². The number of carbonyl (C=O) groups excluding carboxylic acids is 2. The van der Waals surface area contributed by atoms with Crippen LogP contribution in [0.15, 0.2) is 47.1 Å². The van der Waals surface area contributed by atoms with Gasteiger partial charge in [-0.15, -0.1) is 0 Å². The minimum absolute atomic E-state index is 0.197. The minimum Gasteiger partial charge on any atom is -0.459 e. The van der Waals surface area contributed by atoms with E-state index in [1.807, 2.05) is 37.3 Å². The molecule has 0 bridgehead atoms. The van der Waals surface area contributed by atoms with Crippen molar-refractivity contribution in [2.45, 2.75) is 19.4 Å². The molecule has 0 saturated carbocycles. The highest BCUT2D eigenvalue weighted by Crippen LogP contribution is 2.15. The predicted molar refractivity (Wildman–Crippen MR) is 89.6 cm³/mol. The molecule has 1 aromatic heterocycles. The van der Waals surface area contributed by atoms with Gasteiger partial charge in [0.1, 0.15) is 0 Å². The molecule has 0 radical (unpaired) electrons. The van der Waals surface area contributed by atoms with Crippen molar-refractivity contribution in [3.63, 3.8) is 0 Å². The summed E-state index contributed by atoms with van der Waals surface area (Å²) >= 11 is 0. The molecule has 1 heterocycles. The highest BCUT2D eigenvalue weighted by molar-refractivity contribution is 5.92. The fourth-order valence-corrected chi connectivity index (χ4v) is 2.30. The van der Waals surface area contributed by atoms with Crippen LogP contribution in [-0.4, -0.2) is 32.0 Å². The summed E-state index contributed by atoms with van der Waals surface area (Å²) in [5, 5.41) is 5.57. The van der Waals surface area contributed by atoms with Crippen molar-refractivity contribution in [2.24, 2.45) is 0 Å². The molecule has 2 N–H and O–H groups in total. The Kier molecular flexibility index (Phi) is 6.57. The lowest BCUT2D eigenvalue weighted by atomic mass is 10.1. The van der Waals surface area contributed by atoms with Crippen LogP contribution in [0.5, 0.6) is 0 Å². The summed E-state index contributed by atoms with van der Waals surface area (Å²) in [6.45, 7) is 2.71. The van der Waals surface area contributed by atoms with E-state index in [1.54, 1.807) is 6.07 Å². The van der Waals surface area contributed by atoms with Crippen molar-refractivity contribution >= 4 is 11.8 Å². The Bertz CT molecular complexity index is 667. The second-order valence-corrected chi connectivity index (χ2v) is 5.36. The molecular formula is C18H22N2O4. The average molecular weight is 330 g/mol. The highest BCUT2D eigenvalue weighted by Gasteiger charge is 2.19. The molecule has 0 aliphatic heterocycles. The molecule has 0 aliphatic rings. The largest absolute Gasteiger partial charge is 0.459 e. The van der Waals surface area contributed by atoms with Crippen LogP contribution in [0.4, 0.5) is 0 Å². The van der Waals surface area contributed by atoms with Gasteiger partial charge in [-0.3, -0.25) is 9.59 Å². The molecule has 0 saturated heterocycles. The molecule has 1 aromatic carbocycles. The van der Waals surface area contributed by atoms with Crippen molar-refractivity contribution in [1.29, 1.82) is 0 Å². The van der Waals surface area contributed by atoms with Crippen LogP contribution in [-0.2, 0) is 9.53 Å². The van der Waals surface area contributed by atoms with Gasteiger partial charge in [-0.1, -0.05) is 30.3 Å². The van der Waals surface area contributed by atoms with Crippen LogP contribution >= 0.6 is 0 Å². The fraction of sp³-hybridized carbons (Fsp3) is 0.333. The topological polar surface area (TPSA) is 80.6 Å². The van der Waals surface area contributed by atoms with E-state index < -0.39 is 6.10 Å².